The topological polar surface area (TPSA) is 17.1 Å². The van der Waals surface area contributed by atoms with Gasteiger partial charge in [0.25, 0.3) is 0 Å². The smallest absolute Gasteiger partial charge is 0.193 e. The van der Waals surface area contributed by atoms with Crippen LogP contribution in [0.25, 0.3) is 0 Å². The van der Waals surface area contributed by atoms with Crippen LogP contribution in [0, 0.1) is 6.92 Å². The number of carbonyl (C=O) groups excluding carboxylic acids is 1. The second-order valence-electron chi connectivity index (χ2n) is 3.92. The SMILES string of the molecule is Cc1ccc(C(=O)c2ccc(Cl)c(Cl)c2)cc1Cl. The first-order chi connectivity index (χ1) is 8.49. The Kier molecular flexibility index (Phi) is 3.96. The molecule has 2 aromatic rings. The minimum atomic E-state index is -0.129. The summed E-state index contributed by atoms with van der Waals surface area (Å²) in [4.78, 5) is 12.2. The molecule has 18 heavy (non-hydrogen) atoms. The second kappa shape index (κ2) is 5.31. The van der Waals surface area contributed by atoms with E-state index >= 15 is 0 Å². The van der Waals surface area contributed by atoms with Crippen LogP contribution in [0.15, 0.2) is 36.4 Å². The predicted molar refractivity (Wildman–Crippen MR) is 76.1 cm³/mol. The van der Waals surface area contributed by atoms with Crippen molar-refractivity contribution in [2.45, 2.75) is 6.92 Å². The number of halogens is 3. The van der Waals surface area contributed by atoms with Crippen LogP contribution in [0.1, 0.15) is 21.5 Å². The van der Waals surface area contributed by atoms with Crippen molar-refractivity contribution in [2.75, 3.05) is 0 Å². The van der Waals surface area contributed by atoms with Gasteiger partial charge in [-0.05, 0) is 36.8 Å². The van der Waals surface area contributed by atoms with Gasteiger partial charge in [0, 0.05) is 16.1 Å². The third kappa shape index (κ3) is 2.69. The molecule has 0 amide bonds. The van der Waals surface area contributed by atoms with Crippen LogP contribution < -0.4 is 0 Å². The summed E-state index contributed by atoms with van der Waals surface area (Å²) in [5.74, 6) is -0.129. The van der Waals surface area contributed by atoms with Crippen LogP contribution in [0.2, 0.25) is 15.1 Å². The molecule has 0 saturated heterocycles. The molecule has 0 heterocycles. The lowest BCUT2D eigenvalue weighted by Gasteiger charge is -2.05. The van der Waals surface area contributed by atoms with Gasteiger partial charge in [-0.2, -0.15) is 0 Å². The van der Waals surface area contributed by atoms with E-state index in [1.807, 2.05) is 13.0 Å². The average Bonchev–Trinajstić information content (AvgIpc) is 2.35. The fourth-order valence-electron chi connectivity index (χ4n) is 1.54. The van der Waals surface area contributed by atoms with Crippen molar-refractivity contribution in [1.29, 1.82) is 0 Å². The van der Waals surface area contributed by atoms with E-state index in [9.17, 15) is 4.79 Å². The van der Waals surface area contributed by atoms with Crippen LogP contribution >= 0.6 is 34.8 Å². The van der Waals surface area contributed by atoms with Gasteiger partial charge in [0.1, 0.15) is 0 Å². The number of rotatable bonds is 2. The molecular formula is C14H9Cl3O. The van der Waals surface area contributed by atoms with Gasteiger partial charge in [-0.3, -0.25) is 4.79 Å². The zero-order chi connectivity index (χ0) is 13.3. The summed E-state index contributed by atoms with van der Waals surface area (Å²) >= 11 is 17.7. The summed E-state index contributed by atoms with van der Waals surface area (Å²) in [5, 5.41) is 1.36. The normalized spacial score (nSPS) is 10.4. The van der Waals surface area contributed by atoms with Gasteiger partial charge in [-0.1, -0.05) is 46.9 Å². The molecule has 4 heteroatoms. The first-order valence-electron chi connectivity index (χ1n) is 5.25. The standard InChI is InChI=1S/C14H9Cl3O/c1-8-2-3-9(6-12(8)16)14(18)10-4-5-11(15)13(17)7-10/h2-7H,1H3. The number of ketones is 1. The van der Waals surface area contributed by atoms with Crippen LogP contribution in [-0.2, 0) is 0 Å². The van der Waals surface area contributed by atoms with Gasteiger partial charge < -0.3 is 0 Å². The van der Waals surface area contributed by atoms with Crippen molar-refractivity contribution in [3.05, 3.63) is 68.2 Å². The lowest BCUT2D eigenvalue weighted by Crippen LogP contribution is -2.01. The molecule has 2 aromatic carbocycles. The fraction of sp³-hybridized carbons (Fsp3) is 0.0714. The lowest BCUT2D eigenvalue weighted by atomic mass is 10.0. The Morgan fingerprint density at radius 2 is 1.39 bits per heavy atom. The van der Waals surface area contributed by atoms with Crippen molar-refractivity contribution in [3.63, 3.8) is 0 Å². The van der Waals surface area contributed by atoms with E-state index in [2.05, 4.69) is 0 Å². The molecule has 2 rings (SSSR count). The zero-order valence-corrected chi connectivity index (χ0v) is 11.8. The molecule has 0 spiro atoms. The summed E-state index contributed by atoms with van der Waals surface area (Å²) in [6, 6.07) is 10.0. The first-order valence-corrected chi connectivity index (χ1v) is 6.38. The van der Waals surface area contributed by atoms with Crippen LogP contribution in [0.5, 0.6) is 0 Å². The third-order valence-electron chi connectivity index (χ3n) is 2.62. The lowest BCUT2D eigenvalue weighted by molar-refractivity contribution is 0.103. The average molecular weight is 300 g/mol. The summed E-state index contributed by atoms with van der Waals surface area (Å²) in [5.41, 5.74) is 1.95. The minimum Gasteiger partial charge on any atom is -0.289 e. The monoisotopic (exact) mass is 298 g/mol. The van der Waals surface area contributed by atoms with Crippen LogP contribution in [0.3, 0.4) is 0 Å². The summed E-state index contributed by atoms with van der Waals surface area (Å²) in [6.45, 7) is 1.88. The maximum absolute atomic E-state index is 12.2. The molecule has 0 saturated carbocycles. The van der Waals surface area contributed by atoms with Gasteiger partial charge in [-0.15, -0.1) is 0 Å². The fourth-order valence-corrected chi connectivity index (χ4v) is 2.02. The van der Waals surface area contributed by atoms with Gasteiger partial charge in [0.05, 0.1) is 10.0 Å². The highest BCUT2D eigenvalue weighted by Gasteiger charge is 2.11. The minimum absolute atomic E-state index is 0.129. The van der Waals surface area contributed by atoms with E-state index in [0.29, 0.717) is 26.2 Å². The summed E-state index contributed by atoms with van der Waals surface area (Å²) in [6.07, 6.45) is 0. The largest absolute Gasteiger partial charge is 0.289 e. The number of carbonyl (C=O) groups is 1. The van der Waals surface area contributed by atoms with E-state index in [0.717, 1.165) is 5.56 Å². The molecule has 0 aromatic heterocycles. The molecule has 0 atom stereocenters. The van der Waals surface area contributed by atoms with E-state index in [-0.39, 0.29) is 5.78 Å². The molecule has 0 unspecified atom stereocenters. The molecule has 92 valence electrons. The molecule has 0 fully saturated rings. The molecule has 0 N–H and O–H groups in total. The van der Waals surface area contributed by atoms with Crippen LogP contribution in [-0.4, -0.2) is 5.78 Å². The number of hydrogen-bond donors (Lipinski definition) is 0. The van der Waals surface area contributed by atoms with E-state index in [4.69, 9.17) is 34.8 Å². The maximum Gasteiger partial charge on any atom is 0.193 e. The number of hydrogen-bond acceptors (Lipinski definition) is 1. The first kappa shape index (κ1) is 13.4. The molecule has 0 aliphatic rings. The van der Waals surface area contributed by atoms with Crippen molar-refractivity contribution in [1.82, 2.24) is 0 Å². The Morgan fingerprint density at radius 3 is 1.94 bits per heavy atom. The Labute approximate surface area is 120 Å². The van der Waals surface area contributed by atoms with Crippen LogP contribution in [0.4, 0.5) is 0 Å². The predicted octanol–water partition coefficient (Wildman–Crippen LogP) is 5.19. The molecule has 1 nitrogen and oxygen atoms in total. The van der Waals surface area contributed by atoms with Crippen molar-refractivity contribution in [3.8, 4) is 0 Å². The van der Waals surface area contributed by atoms with Gasteiger partial charge in [0.2, 0.25) is 0 Å². The Morgan fingerprint density at radius 1 is 0.833 bits per heavy atom. The van der Waals surface area contributed by atoms with Crippen molar-refractivity contribution in [2.24, 2.45) is 0 Å². The van der Waals surface area contributed by atoms with Gasteiger partial charge in [0.15, 0.2) is 5.78 Å². The summed E-state index contributed by atoms with van der Waals surface area (Å²) < 4.78 is 0. The summed E-state index contributed by atoms with van der Waals surface area (Å²) in [7, 11) is 0. The number of aryl methyl sites for hydroxylation is 1. The molecule has 0 bridgehead atoms. The van der Waals surface area contributed by atoms with Crippen molar-refractivity contribution >= 4 is 40.6 Å². The molecule has 0 radical (unpaired) electrons. The molecule has 0 aliphatic heterocycles. The second-order valence-corrected chi connectivity index (χ2v) is 5.14. The quantitative estimate of drug-likeness (QED) is 0.698. The maximum atomic E-state index is 12.2. The third-order valence-corrected chi connectivity index (χ3v) is 3.76. The van der Waals surface area contributed by atoms with Gasteiger partial charge in [-0.25, -0.2) is 0 Å². The molecule has 0 aliphatic carbocycles. The Bertz CT molecular complexity index is 567. The van der Waals surface area contributed by atoms with E-state index < -0.39 is 0 Å². The highest BCUT2D eigenvalue weighted by atomic mass is 35.5. The van der Waals surface area contributed by atoms with Gasteiger partial charge >= 0.3 is 0 Å². The zero-order valence-electron chi connectivity index (χ0n) is 9.51. The molecular weight excluding hydrogens is 291 g/mol. The van der Waals surface area contributed by atoms with Crippen molar-refractivity contribution < 1.29 is 4.79 Å². The van der Waals surface area contributed by atoms with E-state index in [1.54, 1.807) is 30.3 Å². The Hall–Kier alpha value is -1.02. The van der Waals surface area contributed by atoms with E-state index in [1.165, 1.54) is 0 Å². The highest BCUT2D eigenvalue weighted by molar-refractivity contribution is 6.42. The number of benzene rings is 2. The Balaban J connectivity index is 2.41. The highest BCUT2D eigenvalue weighted by Crippen LogP contribution is 2.25.